The first-order valence-corrected chi connectivity index (χ1v) is 3.68. The molecule has 2 heteroatoms. The number of carbonyl (C=O) groups excluding carboxylic acids is 1. The van der Waals surface area contributed by atoms with Crippen LogP contribution in [-0.4, -0.2) is 12.5 Å². The van der Waals surface area contributed by atoms with E-state index in [4.69, 9.17) is 0 Å². The molecule has 1 amide bonds. The Kier molecular flexibility index (Phi) is 13.2. The Morgan fingerprint density at radius 1 is 1.60 bits per heavy atom. The molecule has 0 saturated carbocycles. The maximum absolute atomic E-state index is 10.4. The highest BCUT2D eigenvalue weighted by Gasteiger charge is 1.89. The molecule has 0 aromatic carbocycles. The Morgan fingerprint density at radius 3 is 2.40 bits per heavy atom. The Hall–Kier alpha value is -0.790. The van der Waals surface area contributed by atoms with Gasteiger partial charge < -0.3 is 5.32 Å². The van der Waals surface area contributed by atoms with E-state index >= 15 is 0 Å². The first-order chi connectivity index (χ1) is 4.81. The average Bonchev–Trinajstić information content (AvgIpc) is 2.04. The number of nitrogens with one attached hydrogen (secondary N) is 1. The highest BCUT2D eigenvalue weighted by molar-refractivity contribution is 5.75. The van der Waals surface area contributed by atoms with Gasteiger partial charge in [-0.1, -0.05) is 26.8 Å². The monoisotopic (exact) mass is 143 g/mol. The highest BCUT2D eigenvalue weighted by atomic mass is 16.1. The van der Waals surface area contributed by atoms with Crippen LogP contribution < -0.4 is 5.32 Å². The molecule has 0 aliphatic rings. The minimum absolute atomic E-state index is 0.0740. The normalized spacial score (nSPS) is 7.10. The standard InChI is InChI=1S/C6H11NO.C2H6/c1-3-5-7-6(8)4-2;1-2/h3H,1,4-5H2,2H3,(H,7,8);1-2H3. The lowest BCUT2D eigenvalue weighted by molar-refractivity contribution is -0.120. The second kappa shape index (κ2) is 11.1. The largest absolute Gasteiger partial charge is 0.353 e. The van der Waals surface area contributed by atoms with Gasteiger partial charge in [-0.15, -0.1) is 6.58 Å². The molecule has 0 heterocycles. The third-order valence-corrected chi connectivity index (χ3v) is 0.765. The van der Waals surface area contributed by atoms with Crippen LogP contribution in [0.3, 0.4) is 0 Å². The predicted octanol–water partition coefficient (Wildman–Crippen LogP) is 1.72. The van der Waals surface area contributed by atoms with Gasteiger partial charge in [0, 0.05) is 13.0 Å². The SMILES string of the molecule is C=CCNC(=O)CC.CC. The van der Waals surface area contributed by atoms with Crippen LogP contribution in [0, 0.1) is 0 Å². The van der Waals surface area contributed by atoms with Gasteiger partial charge in [-0.05, 0) is 0 Å². The molecule has 0 aliphatic heterocycles. The first-order valence-electron chi connectivity index (χ1n) is 3.68. The minimum Gasteiger partial charge on any atom is -0.353 e. The fraction of sp³-hybridized carbons (Fsp3) is 0.625. The summed E-state index contributed by atoms with van der Waals surface area (Å²) in [6.45, 7) is 9.85. The van der Waals surface area contributed by atoms with Crippen molar-refractivity contribution < 1.29 is 4.79 Å². The lowest BCUT2D eigenvalue weighted by Crippen LogP contribution is -2.21. The van der Waals surface area contributed by atoms with Crippen LogP contribution in [-0.2, 0) is 4.79 Å². The smallest absolute Gasteiger partial charge is 0.219 e. The van der Waals surface area contributed by atoms with Crippen LogP contribution in [0.15, 0.2) is 12.7 Å². The van der Waals surface area contributed by atoms with Gasteiger partial charge in [0.25, 0.3) is 0 Å². The second-order valence-electron chi connectivity index (χ2n) is 1.45. The van der Waals surface area contributed by atoms with E-state index in [-0.39, 0.29) is 5.91 Å². The number of rotatable bonds is 3. The molecule has 0 radical (unpaired) electrons. The molecule has 0 unspecified atom stereocenters. The molecule has 0 aromatic heterocycles. The van der Waals surface area contributed by atoms with Crippen LogP contribution in [0.2, 0.25) is 0 Å². The molecule has 0 aromatic rings. The van der Waals surface area contributed by atoms with Crippen molar-refractivity contribution >= 4 is 5.91 Å². The summed E-state index contributed by atoms with van der Waals surface area (Å²) in [5.74, 6) is 0.0740. The van der Waals surface area contributed by atoms with E-state index in [2.05, 4.69) is 11.9 Å². The molecule has 60 valence electrons. The van der Waals surface area contributed by atoms with E-state index in [0.29, 0.717) is 13.0 Å². The van der Waals surface area contributed by atoms with E-state index in [9.17, 15) is 4.79 Å². The molecule has 0 saturated heterocycles. The van der Waals surface area contributed by atoms with E-state index in [0.717, 1.165) is 0 Å². The van der Waals surface area contributed by atoms with Crippen LogP contribution in [0.4, 0.5) is 0 Å². The Morgan fingerprint density at radius 2 is 2.10 bits per heavy atom. The minimum atomic E-state index is 0.0740. The van der Waals surface area contributed by atoms with E-state index in [1.165, 1.54) is 0 Å². The summed E-state index contributed by atoms with van der Waals surface area (Å²) in [7, 11) is 0. The number of amides is 1. The second-order valence-corrected chi connectivity index (χ2v) is 1.45. The van der Waals surface area contributed by atoms with Gasteiger partial charge in [-0.2, -0.15) is 0 Å². The number of hydrogen-bond donors (Lipinski definition) is 1. The van der Waals surface area contributed by atoms with Crippen molar-refractivity contribution in [2.24, 2.45) is 0 Å². The summed E-state index contributed by atoms with van der Waals surface area (Å²) < 4.78 is 0. The fourth-order valence-electron chi connectivity index (χ4n) is 0.311. The topological polar surface area (TPSA) is 29.1 Å². The summed E-state index contributed by atoms with van der Waals surface area (Å²) in [6, 6.07) is 0. The van der Waals surface area contributed by atoms with Gasteiger partial charge in [0.05, 0.1) is 0 Å². The predicted molar refractivity (Wildman–Crippen MR) is 44.8 cm³/mol. The lowest BCUT2D eigenvalue weighted by Gasteiger charge is -1.94. The Bertz CT molecular complexity index is 89.3. The molecule has 0 atom stereocenters. The molecule has 0 aliphatic carbocycles. The van der Waals surface area contributed by atoms with Crippen molar-refractivity contribution in [1.82, 2.24) is 5.32 Å². The van der Waals surface area contributed by atoms with Crippen LogP contribution in [0.25, 0.3) is 0 Å². The maximum Gasteiger partial charge on any atom is 0.219 e. The molecule has 0 bridgehead atoms. The Labute approximate surface area is 63.3 Å². The van der Waals surface area contributed by atoms with Gasteiger partial charge in [-0.3, -0.25) is 4.79 Å². The van der Waals surface area contributed by atoms with Gasteiger partial charge in [0.1, 0.15) is 0 Å². The quantitative estimate of drug-likeness (QED) is 0.599. The molecule has 10 heavy (non-hydrogen) atoms. The maximum atomic E-state index is 10.4. The summed E-state index contributed by atoms with van der Waals surface area (Å²) in [6.07, 6.45) is 2.21. The van der Waals surface area contributed by atoms with Crippen LogP contribution in [0.5, 0.6) is 0 Å². The van der Waals surface area contributed by atoms with Crippen LogP contribution in [0.1, 0.15) is 27.2 Å². The van der Waals surface area contributed by atoms with Gasteiger partial charge in [-0.25, -0.2) is 0 Å². The zero-order chi connectivity index (χ0) is 8.41. The molecular formula is C8H17NO. The van der Waals surface area contributed by atoms with Crippen molar-refractivity contribution in [2.75, 3.05) is 6.54 Å². The summed E-state index contributed by atoms with van der Waals surface area (Å²) in [5, 5.41) is 2.62. The molecule has 0 rings (SSSR count). The summed E-state index contributed by atoms with van der Waals surface area (Å²) >= 11 is 0. The molecule has 2 nitrogen and oxygen atoms in total. The molecule has 0 spiro atoms. The fourth-order valence-corrected chi connectivity index (χ4v) is 0.311. The summed E-state index contributed by atoms with van der Waals surface area (Å²) in [5.41, 5.74) is 0. The van der Waals surface area contributed by atoms with E-state index < -0.39 is 0 Å². The van der Waals surface area contributed by atoms with E-state index in [1.54, 1.807) is 6.08 Å². The van der Waals surface area contributed by atoms with Gasteiger partial charge in [0.2, 0.25) is 5.91 Å². The van der Waals surface area contributed by atoms with Gasteiger partial charge >= 0.3 is 0 Å². The Balaban J connectivity index is 0. The van der Waals surface area contributed by atoms with Crippen molar-refractivity contribution in [2.45, 2.75) is 27.2 Å². The number of hydrogen-bond acceptors (Lipinski definition) is 1. The molecule has 0 fully saturated rings. The van der Waals surface area contributed by atoms with Crippen molar-refractivity contribution in [3.05, 3.63) is 12.7 Å². The molecular weight excluding hydrogens is 126 g/mol. The number of carbonyl (C=O) groups is 1. The zero-order valence-electron chi connectivity index (χ0n) is 7.11. The van der Waals surface area contributed by atoms with Crippen molar-refractivity contribution in [3.63, 3.8) is 0 Å². The molecule has 1 N–H and O–H groups in total. The zero-order valence-corrected chi connectivity index (χ0v) is 7.11. The van der Waals surface area contributed by atoms with Crippen molar-refractivity contribution in [3.8, 4) is 0 Å². The van der Waals surface area contributed by atoms with Gasteiger partial charge in [0.15, 0.2) is 0 Å². The lowest BCUT2D eigenvalue weighted by atomic mass is 10.4. The first kappa shape index (κ1) is 11.9. The van der Waals surface area contributed by atoms with Crippen molar-refractivity contribution in [1.29, 1.82) is 0 Å². The summed E-state index contributed by atoms with van der Waals surface area (Å²) in [4.78, 5) is 10.4. The van der Waals surface area contributed by atoms with E-state index in [1.807, 2.05) is 20.8 Å². The highest BCUT2D eigenvalue weighted by Crippen LogP contribution is 1.72. The van der Waals surface area contributed by atoms with Crippen LogP contribution >= 0.6 is 0 Å². The third kappa shape index (κ3) is 10.2. The third-order valence-electron chi connectivity index (χ3n) is 0.765. The average molecular weight is 143 g/mol.